The number of carbonyl (C=O) groups excluding carboxylic acids is 1. The number of benzene rings is 2. The highest BCUT2D eigenvalue weighted by atomic mass is 35.5. The van der Waals surface area contributed by atoms with Crippen molar-refractivity contribution >= 4 is 33.2 Å². The first-order valence-electron chi connectivity index (χ1n) is 9.52. The minimum absolute atomic E-state index is 0.138. The first kappa shape index (κ1) is 21.8. The fourth-order valence-electron chi connectivity index (χ4n) is 3.38. The summed E-state index contributed by atoms with van der Waals surface area (Å²) in [5, 5.41) is 2.78. The molecule has 2 aromatic rings. The SMILES string of the molecule is CC(=O)Nc1ccc(S(=O)(=O)N2CCN(Cc3ccc(C)c(C)c3)CC2)cc1Cl. The van der Waals surface area contributed by atoms with Crippen molar-refractivity contribution in [2.75, 3.05) is 31.5 Å². The van der Waals surface area contributed by atoms with Crippen LogP contribution in [0, 0.1) is 13.8 Å². The number of aryl methyl sites for hydroxylation is 2. The van der Waals surface area contributed by atoms with Crippen LogP contribution in [0.1, 0.15) is 23.6 Å². The van der Waals surface area contributed by atoms with E-state index in [2.05, 4.69) is 42.3 Å². The van der Waals surface area contributed by atoms with Gasteiger partial charge in [0.1, 0.15) is 0 Å². The highest BCUT2D eigenvalue weighted by Gasteiger charge is 2.29. The van der Waals surface area contributed by atoms with E-state index in [-0.39, 0.29) is 15.8 Å². The fraction of sp³-hybridized carbons (Fsp3) is 0.381. The minimum atomic E-state index is -3.63. The summed E-state index contributed by atoms with van der Waals surface area (Å²) in [5.41, 5.74) is 4.18. The van der Waals surface area contributed by atoms with E-state index in [9.17, 15) is 13.2 Å². The van der Waals surface area contributed by atoms with Gasteiger partial charge in [-0.2, -0.15) is 4.31 Å². The van der Waals surface area contributed by atoms with Crippen molar-refractivity contribution < 1.29 is 13.2 Å². The van der Waals surface area contributed by atoms with E-state index in [0.717, 1.165) is 6.54 Å². The van der Waals surface area contributed by atoms with Crippen LogP contribution in [0.4, 0.5) is 5.69 Å². The lowest BCUT2D eigenvalue weighted by Gasteiger charge is -2.34. The van der Waals surface area contributed by atoms with Crippen molar-refractivity contribution in [1.29, 1.82) is 0 Å². The van der Waals surface area contributed by atoms with Gasteiger partial charge in [0.2, 0.25) is 15.9 Å². The van der Waals surface area contributed by atoms with Crippen LogP contribution < -0.4 is 5.32 Å². The Bertz CT molecular complexity index is 1020. The average Bonchev–Trinajstić information content (AvgIpc) is 2.66. The summed E-state index contributed by atoms with van der Waals surface area (Å²) in [6.45, 7) is 8.58. The summed E-state index contributed by atoms with van der Waals surface area (Å²) in [5.74, 6) is -0.262. The largest absolute Gasteiger partial charge is 0.325 e. The number of halogens is 1. The van der Waals surface area contributed by atoms with Gasteiger partial charge in [0, 0.05) is 39.6 Å². The third kappa shape index (κ3) is 5.17. The van der Waals surface area contributed by atoms with Crippen molar-refractivity contribution in [3.63, 3.8) is 0 Å². The summed E-state index contributed by atoms with van der Waals surface area (Å²) in [6, 6.07) is 10.8. The van der Waals surface area contributed by atoms with E-state index in [0.29, 0.717) is 31.9 Å². The number of sulfonamides is 1. The number of nitrogens with zero attached hydrogens (tertiary/aromatic N) is 2. The molecule has 0 atom stereocenters. The molecular weight excluding hydrogens is 410 g/mol. The molecule has 0 saturated carbocycles. The molecular formula is C21H26ClN3O3S. The summed E-state index contributed by atoms with van der Waals surface area (Å²) in [7, 11) is -3.63. The molecule has 1 saturated heterocycles. The van der Waals surface area contributed by atoms with E-state index >= 15 is 0 Å². The van der Waals surface area contributed by atoms with Crippen LogP contribution in [-0.2, 0) is 21.4 Å². The molecule has 1 amide bonds. The topological polar surface area (TPSA) is 69.7 Å². The average molecular weight is 436 g/mol. The Morgan fingerprint density at radius 3 is 2.31 bits per heavy atom. The van der Waals surface area contributed by atoms with E-state index in [1.54, 1.807) is 0 Å². The normalized spacial score (nSPS) is 16.0. The lowest BCUT2D eigenvalue weighted by atomic mass is 10.1. The van der Waals surface area contributed by atoms with E-state index in [4.69, 9.17) is 11.6 Å². The highest BCUT2D eigenvalue weighted by Crippen LogP contribution is 2.27. The number of rotatable bonds is 5. The third-order valence-electron chi connectivity index (χ3n) is 5.20. The Kier molecular flexibility index (Phi) is 6.63. The van der Waals surface area contributed by atoms with Gasteiger partial charge in [-0.25, -0.2) is 8.42 Å². The van der Waals surface area contributed by atoms with Gasteiger partial charge in [-0.15, -0.1) is 0 Å². The van der Waals surface area contributed by atoms with Crippen molar-refractivity contribution in [2.45, 2.75) is 32.2 Å². The zero-order valence-electron chi connectivity index (χ0n) is 16.9. The Hall–Kier alpha value is -1.93. The molecule has 1 aliphatic rings. The lowest BCUT2D eigenvalue weighted by Crippen LogP contribution is -2.48. The van der Waals surface area contributed by atoms with Crippen molar-refractivity contribution in [3.8, 4) is 0 Å². The molecule has 6 nitrogen and oxygen atoms in total. The maximum atomic E-state index is 13.0. The maximum absolute atomic E-state index is 13.0. The van der Waals surface area contributed by atoms with Crippen LogP contribution in [0.5, 0.6) is 0 Å². The summed E-state index contributed by atoms with van der Waals surface area (Å²) in [6.07, 6.45) is 0. The third-order valence-corrected chi connectivity index (χ3v) is 7.41. The molecule has 1 fully saturated rings. The van der Waals surface area contributed by atoms with Gasteiger partial charge in [0.15, 0.2) is 0 Å². The number of carbonyl (C=O) groups is 1. The van der Waals surface area contributed by atoms with Gasteiger partial charge in [-0.1, -0.05) is 29.8 Å². The zero-order valence-corrected chi connectivity index (χ0v) is 18.5. The molecule has 0 radical (unpaired) electrons. The first-order chi connectivity index (χ1) is 13.7. The molecule has 0 spiro atoms. The number of piperazine rings is 1. The van der Waals surface area contributed by atoms with Crippen molar-refractivity contribution in [3.05, 3.63) is 58.1 Å². The molecule has 1 heterocycles. The molecule has 2 aromatic carbocycles. The number of nitrogens with one attached hydrogen (secondary N) is 1. The Balaban J connectivity index is 1.65. The summed E-state index contributed by atoms with van der Waals surface area (Å²) in [4.78, 5) is 13.6. The number of anilines is 1. The van der Waals surface area contributed by atoms with Crippen LogP contribution in [0.3, 0.4) is 0 Å². The van der Waals surface area contributed by atoms with Gasteiger partial charge in [-0.3, -0.25) is 9.69 Å². The summed E-state index contributed by atoms with van der Waals surface area (Å²) < 4.78 is 27.5. The van der Waals surface area contributed by atoms with Crippen LogP contribution >= 0.6 is 11.6 Å². The molecule has 156 valence electrons. The van der Waals surface area contributed by atoms with E-state index in [1.165, 1.54) is 46.1 Å². The van der Waals surface area contributed by atoms with Gasteiger partial charge < -0.3 is 5.32 Å². The summed E-state index contributed by atoms with van der Waals surface area (Å²) >= 11 is 6.15. The molecule has 0 unspecified atom stereocenters. The second-order valence-electron chi connectivity index (χ2n) is 7.42. The second-order valence-corrected chi connectivity index (χ2v) is 9.77. The van der Waals surface area contributed by atoms with Gasteiger partial charge in [0.05, 0.1) is 15.6 Å². The first-order valence-corrected chi connectivity index (χ1v) is 11.3. The monoisotopic (exact) mass is 435 g/mol. The molecule has 0 aromatic heterocycles. The predicted octanol–water partition coefficient (Wildman–Crippen LogP) is 3.42. The van der Waals surface area contributed by atoms with Gasteiger partial charge in [0.25, 0.3) is 0 Å². The van der Waals surface area contributed by atoms with Crippen LogP contribution in [0.25, 0.3) is 0 Å². The van der Waals surface area contributed by atoms with E-state index < -0.39 is 10.0 Å². The number of hydrogen-bond donors (Lipinski definition) is 1. The number of amides is 1. The quantitative estimate of drug-likeness (QED) is 0.781. The van der Waals surface area contributed by atoms with Crippen molar-refractivity contribution in [1.82, 2.24) is 9.21 Å². The Morgan fingerprint density at radius 2 is 1.72 bits per heavy atom. The zero-order chi connectivity index (χ0) is 21.2. The Labute approximate surface area is 177 Å². The molecule has 1 aliphatic heterocycles. The van der Waals surface area contributed by atoms with Crippen LogP contribution in [-0.4, -0.2) is 49.7 Å². The highest BCUT2D eigenvalue weighted by molar-refractivity contribution is 7.89. The fourth-order valence-corrected chi connectivity index (χ4v) is 5.13. The standard InChI is InChI=1S/C21H26ClN3O3S/c1-15-4-5-18(12-16(15)2)14-24-8-10-25(11-9-24)29(27,28)19-6-7-21(20(22)13-19)23-17(3)26/h4-7,12-13H,8-11,14H2,1-3H3,(H,23,26). The molecule has 0 aliphatic carbocycles. The van der Waals surface area contributed by atoms with Crippen LogP contribution in [0.2, 0.25) is 5.02 Å². The van der Waals surface area contributed by atoms with Gasteiger partial charge in [-0.05, 0) is 48.7 Å². The van der Waals surface area contributed by atoms with Crippen LogP contribution in [0.15, 0.2) is 41.3 Å². The lowest BCUT2D eigenvalue weighted by molar-refractivity contribution is -0.114. The molecule has 3 rings (SSSR count). The van der Waals surface area contributed by atoms with Gasteiger partial charge >= 0.3 is 0 Å². The smallest absolute Gasteiger partial charge is 0.243 e. The van der Waals surface area contributed by atoms with E-state index in [1.807, 2.05) is 0 Å². The molecule has 8 heteroatoms. The second kappa shape index (κ2) is 8.83. The molecule has 29 heavy (non-hydrogen) atoms. The maximum Gasteiger partial charge on any atom is 0.243 e. The molecule has 0 bridgehead atoms. The minimum Gasteiger partial charge on any atom is -0.325 e. The molecule has 1 N–H and O–H groups in total. The van der Waals surface area contributed by atoms with Crippen molar-refractivity contribution in [2.24, 2.45) is 0 Å². The number of hydrogen-bond acceptors (Lipinski definition) is 4. The predicted molar refractivity (Wildman–Crippen MR) is 116 cm³/mol. The Morgan fingerprint density at radius 1 is 1.03 bits per heavy atom.